The smallest absolute Gasteiger partial charge is 0.254 e. The summed E-state index contributed by atoms with van der Waals surface area (Å²) in [6.45, 7) is 1.49. The highest BCUT2D eigenvalue weighted by Crippen LogP contribution is 2.26. The van der Waals surface area contributed by atoms with Crippen molar-refractivity contribution < 1.29 is 18.8 Å². The third-order valence-corrected chi connectivity index (χ3v) is 6.64. The molecular formula is C30H31N3O4. The number of aryl methyl sites for hydroxylation is 1. The summed E-state index contributed by atoms with van der Waals surface area (Å²) in [4.78, 5) is 15.8. The van der Waals surface area contributed by atoms with Crippen LogP contribution < -0.4 is 14.8 Å². The fraction of sp³-hybridized carbons (Fsp3) is 0.267. The number of ether oxygens (including phenoxy) is 2. The van der Waals surface area contributed by atoms with Crippen molar-refractivity contribution in [3.63, 3.8) is 0 Å². The molecule has 0 saturated heterocycles. The molecule has 1 aliphatic heterocycles. The van der Waals surface area contributed by atoms with Crippen molar-refractivity contribution in [2.45, 2.75) is 38.4 Å². The number of nitrogens with zero attached hydrogens (tertiary/aromatic N) is 2. The van der Waals surface area contributed by atoms with Gasteiger partial charge in [0.1, 0.15) is 18.1 Å². The van der Waals surface area contributed by atoms with Crippen LogP contribution in [0.5, 0.6) is 11.6 Å². The number of amides is 1. The molecule has 190 valence electrons. The van der Waals surface area contributed by atoms with Crippen LogP contribution >= 0.6 is 0 Å². The van der Waals surface area contributed by atoms with Gasteiger partial charge in [0.25, 0.3) is 5.88 Å². The van der Waals surface area contributed by atoms with Crippen molar-refractivity contribution in [1.29, 1.82) is 0 Å². The Morgan fingerprint density at radius 1 is 1.03 bits per heavy atom. The van der Waals surface area contributed by atoms with E-state index in [0.717, 1.165) is 28.1 Å². The van der Waals surface area contributed by atoms with E-state index in [-0.39, 0.29) is 18.4 Å². The van der Waals surface area contributed by atoms with E-state index in [1.807, 2.05) is 53.4 Å². The lowest BCUT2D eigenvalue weighted by Crippen LogP contribution is -2.44. The second-order valence-corrected chi connectivity index (χ2v) is 9.13. The molecule has 0 fully saturated rings. The highest BCUT2D eigenvalue weighted by molar-refractivity contribution is 5.77. The highest BCUT2D eigenvalue weighted by atomic mass is 16.5. The van der Waals surface area contributed by atoms with E-state index < -0.39 is 0 Å². The Balaban J connectivity index is 1.47. The van der Waals surface area contributed by atoms with E-state index in [1.54, 1.807) is 13.2 Å². The van der Waals surface area contributed by atoms with Gasteiger partial charge in [-0.15, -0.1) is 0 Å². The van der Waals surface area contributed by atoms with Gasteiger partial charge in [0.05, 0.1) is 13.2 Å². The topological polar surface area (TPSA) is 76.8 Å². The van der Waals surface area contributed by atoms with Crippen LogP contribution in [0.2, 0.25) is 0 Å². The Bertz CT molecular complexity index is 1320. The number of aromatic nitrogens is 1. The van der Waals surface area contributed by atoms with Crippen LogP contribution in [0.4, 0.5) is 5.69 Å². The van der Waals surface area contributed by atoms with E-state index in [4.69, 9.17) is 14.0 Å². The molecule has 2 heterocycles. The lowest BCUT2D eigenvalue weighted by atomic mass is 10.0. The number of methoxy groups -OCH3 is 1. The average molecular weight is 498 g/mol. The largest absolute Gasteiger partial charge is 0.491 e. The summed E-state index contributed by atoms with van der Waals surface area (Å²) in [7, 11) is 1.54. The molecule has 1 N–H and O–H groups in total. The molecule has 7 heteroatoms. The van der Waals surface area contributed by atoms with E-state index in [0.29, 0.717) is 44.2 Å². The zero-order chi connectivity index (χ0) is 25.5. The average Bonchev–Trinajstić information content (AvgIpc) is 3.40. The van der Waals surface area contributed by atoms with Crippen LogP contribution in [0, 0.1) is 0 Å². The second kappa shape index (κ2) is 11.6. The van der Waals surface area contributed by atoms with Crippen molar-refractivity contribution in [2.24, 2.45) is 0 Å². The number of fused-ring (bicyclic) bond motifs is 2. The number of para-hydroxylation sites is 2. The lowest BCUT2D eigenvalue weighted by molar-refractivity contribution is -0.135. The van der Waals surface area contributed by atoms with Gasteiger partial charge < -0.3 is 24.2 Å². The van der Waals surface area contributed by atoms with Crippen LogP contribution in [0.3, 0.4) is 0 Å². The van der Waals surface area contributed by atoms with Crippen LogP contribution in [0.15, 0.2) is 89.5 Å². The van der Waals surface area contributed by atoms with Gasteiger partial charge in [0.2, 0.25) is 5.91 Å². The molecule has 0 radical (unpaired) electrons. The van der Waals surface area contributed by atoms with Crippen LogP contribution in [0.25, 0.3) is 0 Å². The third kappa shape index (κ3) is 6.12. The number of carbonyl (C=O) groups is 1. The molecule has 4 aromatic rings. The third-order valence-electron chi connectivity index (χ3n) is 6.64. The Labute approximate surface area is 217 Å². The fourth-order valence-corrected chi connectivity index (χ4v) is 4.63. The molecule has 1 aromatic heterocycles. The van der Waals surface area contributed by atoms with Gasteiger partial charge in [-0.05, 0) is 34.8 Å². The van der Waals surface area contributed by atoms with Gasteiger partial charge in [-0.2, -0.15) is 0 Å². The van der Waals surface area contributed by atoms with Gasteiger partial charge in [-0.3, -0.25) is 4.79 Å². The molecule has 0 aliphatic carbocycles. The molecule has 3 aromatic carbocycles. The lowest BCUT2D eigenvalue weighted by Gasteiger charge is -2.32. The minimum absolute atomic E-state index is 0.0298. The summed E-state index contributed by atoms with van der Waals surface area (Å²) in [6, 6.07) is 28.0. The van der Waals surface area contributed by atoms with Crippen LogP contribution in [0.1, 0.15) is 28.9 Å². The number of rotatable bonds is 6. The number of hydrogen-bond acceptors (Lipinski definition) is 6. The molecule has 7 nitrogen and oxygen atoms in total. The van der Waals surface area contributed by atoms with Gasteiger partial charge in [-0.25, -0.2) is 0 Å². The molecule has 1 aliphatic rings. The molecule has 0 saturated carbocycles. The number of hydrogen-bond donors (Lipinski definition) is 1. The Hall–Kier alpha value is -4.26. The van der Waals surface area contributed by atoms with E-state index >= 15 is 0 Å². The fourth-order valence-electron chi connectivity index (χ4n) is 4.63. The molecule has 37 heavy (non-hydrogen) atoms. The normalized spacial score (nSPS) is 15.4. The standard InChI is InChI=1S/C30H31N3O4/c1-35-29-18-26(37-32-29)15-16-30(34)33-20-24-12-5-7-13-27(24)31-19-23-11-6-8-14-28(23)36-21-25(33)17-22-9-3-2-4-10-22/h2-14,18,25,31H,15-17,19-21H2,1H3/t25-/m0/s1. The zero-order valence-electron chi connectivity index (χ0n) is 20.9. The van der Waals surface area contributed by atoms with Crippen molar-refractivity contribution >= 4 is 11.6 Å². The van der Waals surface area contributed by atoms with E-state index in [9.17, 15) is 4.79 Å². The zero-order valence-corrected chi connectivity index (χ0v) is 20.9. The maximum atomic E-state index is 13.8. The number of anilines is 1. The Morgan fingerprint density at radius 3 is 2.59 bits per heavy atom. The van der Waals surface area contributed by atoms with Crippen molar-refractivity contribution in [2.75, 3.05) is 19.0 Å². The number of benzene rings is 3. The predicted octanol–water partition coefficient (Wildman–Crippen LogP) is 5.26. The van der Waals surface area contributed by atoms with Gasteiger partial charge in [-0.1, -0.05) is 66.7 Å². The minimum atomic E-state index is -0.168. The predicted molar refractivity (Wildman–Crippen MR) is 142 cm³/mol. The maximum absolute atomic E-state index is 13.8. The van der Waals surface area contributed by atoms with Crippen LogP contribution in [-0.2, 0) is 30.7 Å². The summed E-state index contributed by atoms with van der Waals surface area (Å²) >= 11 is 0. The SMILES string of the molecule is COc1cc(CCC(=O)N2Cc3ccccc3NCc3ccccc3OC[C@@H]2Cc2ccccc2)on1. The first-order valence-corrected chi connectivity index (χ1v) is 12.5. The quantitative estimate of drug-likeness (QED) is 0.392. The summed E-state index contributed by atoms with van der Waals surface area (Å²) in [5.74, 6) is 1.89. The van der Waals surface area contributed by atoms with Gasteiger partial charge in [0.15, 0.2) is 0 Å². The first-order chi connectivity index (χ1) is 18.2. The molecule has 1 amide bonds. The summed E-state index contributed by atoms with van der Waals surface area (Å²) < 4.78 is 16.8. The number of nitrogens with one attached hydrogen (secondary N) is 1. The molecule has 5 rings (SSSR count). The molecule has 1 atom stereocenters. The number of carbonyl (C=O) groups excluding carboxylic acids is 1. The molecular weight excluding hydrogens is 466 g/mol. The summed E-state index contributed by atoms with van der Waals surface area (Å²) in [6.07, 6.45) is 1.41. The first-order valence-electron chi connectivity index (χ1n) is 12.5. The monoisotopic (exact) mass is 497 g/mol. The van der Waals surface area contributed by atoms with Gasteiger partial charge >= 0.3 is 0 Å². The second-order valence-electron chi connectivity index (χ2n) is 9.13. The summed E-state index contributed by atoms with van der Waals surface area (Å²) in [5.41, 5.74) is 4.31. The van der Waals surface area contributed by atoms with E-state index in [2.05, 4.69) is 40.8 Å². The first kappa shape index (κ1) is 24.4. The highest BCUT2D eigenvalue weighted by Gasteiger charge is 2.27. The molecule has 0 bridgehead atoms. The van der Waals surface area contributed by atoms with Crippen molar-refractivity contribution in [3.8, 4) is 11.6 Å². The van der Waals surface area contributed by atoms with E-state index in [1.165, 1.54) is 0 Å². The molecule has 0 unspecified atom stereocenters. The van der Waals surface area contributed by atoms with Crippen LogP contribution in [-0.4, -0.2) is 35.7 Å². The summed E-state index contributed by atoms with van der Waals surface area (Å²) in [5, 5.41) is 7.41. The Kier molecular flexibility index (Phi) is 7.69. The van der Waals surface area contributed by atoms with Gasteiger partial charge in [0, 0.05) is 43.2 Å². The maximum Gasteiger partial charge on any atom is 0.254 e. The van der Waals surface area contributed by atoms with Crippen molar-refractivity contribution in [1.82, 2.24) is 10.1 Å². The Morgan fingerprint density at radius 2 is 1.78 bits per heavy atom. The van der Waals surface area contributed by atoms with Crippen molar-refractivity contribution in [3.05, 3.63) is 107 Å². The molecule has 0 spiro atoms. The minimum Gasteiger partial charge on any atom is -0.491 e.